The van der Waals surface area contributed by atoms with Crippen molar-refractivity contribution in [3.05, 3.63) is 0 Å². The molecule has 0 unspecified atom stereocenters. The molecule has 1 aliphatic rings. The third-order valence-electron chi connectivity index (χ3n) is 2.90. The predicted octanol–water partition coefficient (Wildman–Crippen LogP) is 0.834. The minimum Gasteiger partial charge on any atom is -0.345 e. The van der Waals surface area contributed by atoms with Crippen molar-refractivity contribution >= 4 is 12.2 Å². The predicted molar refractivity (Wildman–Crippen MR) is 45.7 cm³/mol. The van der Waals surface area contributed by atoms with Gasteiger partial charge in [-0.25, -0.2) is 0 Å². The summed E-state index contributed by atoms with van der Waals surface area (Å²) in [7, 11) is 0. The van der Waals surface area contributed by atoms with Crippen molar-refractivity contribution in [1.29, 1.82) is 0 Å². The van der Waals surface area contributed by atoms with Gasteiger partial charge < -0.3 is 4.90 Å². The van der Waals surface area contributed by atoms with Gasteiger partial charge in [0.05, 0.1) is 0 Å². The smallest absolute Gasteiger partial charge is 0.209 e. The van der Waals surface area contributed by atoms with E-state index in [-0.39, 0.29) is 11.2 Å². The molecule has 1 saturated heterocycles. The van der Waals surface area contributed by atoms with Crippen molar-refractivity contribution in [1.82, 2.24) is 4.90 Å². The maximum absolute atomic E-state index is 11.2. The van der Waals surface area contributed by atoms with Gasteiger partial charge in [-0.2, -0.15) is 0 Å². The van der Waals surface area contributed by atoms with Crippen LogP contribution in [-0.2, 0) is 9.59 Å². The van der Waals surface area contributed by atoms with Gasteiger partial charge in [-0.05, 0) is 19.8 Å². The van der Waals surface area contributed by atoms with E-state index < -0.39 is 0 Å². The molecule has 12 heavy (non-hydrogen) atoms. The molecule has 0 aromatic heterocycles. The molecular weight excluding hydrogens is 154 g/mol. The number of rotatable bonds is 2. The largest absolute Gasteiger partial charge is 0.345 e. The molecule has 68 valence electrons. The Morgan fingerprint density at radius 3 is 2.25 bits per heavy atom. The van der Waals surface area contributed by atoms with E-state index in [0.717, 1.165) is 32.3 Å². The second-order valence-electron chi connectivity index (χ2n) is 3.76. The number of hydrogen-bond acceptors (Lipinski definition) is 2. The zero-order chi connectivity index (χ0) is 9.19. The van der Waals surface area contributed by atoms with Gasteiger partial charge >= 0.3 is 0 Å². The molecule has 1 aliphatic heterocycles. The summed E-state index contributed by atoms with van der Waals surface area (Å²) >= 11 is 0. The third-order valence-corrected chi connectivity index (χ3v) is 2.90. The third kappa shape index (κ3) is 1.65. The Labute approximate surface area is 72.7 Å². The standard InChI is InChI=1S/C9H15NO2/c1-8(12)9(2)3-5-10(7-11)6-4-9/h7H,3-6H2,1-2H3. The van der Waals surface area contributed by atoms with Gasteiger partial charge in [0.25, 0.3) is 0 Å². The maximum atomic E-state index is 11.2. The van der Waals surface area contributed by atoms with Crippen LogP contribution in [0.15, 0.2) is 0 Å². The van der Waals surface area contributed by atoms with Crippen LogP contribution in [0.2, 0.25) is 0 Å². The quantitative estimate of drug-likeness (QED) is 0.574. The SMILES string of the molecule is CC(=O)C1(C)CCN(C=O)CC1. The number of piperidine rings is 1. The topological polar surface area (TPSA) is 37.4 Å². The number of likely N-dealkylation sites (tertiary alicyclic amines) is 1. The lowest BCUT2D eigenvalue weighted by Gasteiger charge is -2.35. The fraction of sp³-hybridized carbons (Fsp3) is 0.778. The molecular formula is C9H15NO2. The summed E-state index contributed by atoms with van der Waals surface area (Å²) in [6.07, 6.45) is 2.47. The van der Waals surface area contributed by atoms with Gasteiger partial charge in [-0.15, -0.1) is 0 Å². The number of amides is 1. The first-order chi connectivity index (χ1) is 5.58. The molecule has 0 bridgehead atoms. The van der Waals surface area contributed by atoms with Gasteiger partial charge in [-0.3, -0.25) is 9.59 Å². The monoisotopic (exact) mass is 169 g/mol. The zero-order valence-electron chi connectivity index (χ0n) is 7.67. The molecule has 0 aromatic carbocycles. The minimum absolute atomic E-state index is 0.181. The van der Waals surface area contributed by atoms with E-state index in [1.54, 1.807) is 11.8 Å². The first-order valence-electron chi connectivity index (χ1n) is 4.29. The van der Waals surface area contributed by atoms with Gasteiger partial charge in [0.1, 0.15) is 5.78 Å². The molecule has 1 heterocycles. The van der Waals surface area contributed by atoms with Crippen molar-refractivity contribution in [3.63, 3.8) is 0 Å². The molecule has 0 saturated carbocycles. The Bertz CT molecular complexity index is 193. The first kappa shape index (κ1) is 9.23. The van der Waals surface area contributed by atoms with Crippen LogP contribution in [0.3, 0.4) is 0 Å². The number of ketones is 1. The molecule has 1 amide bonds. The van der Waals surface area contributed by atoms with E-state index in [1.165, 1.54) is 0 Å². The summed E-state index contributed by atoms with van der Waals surface area (Å²) < 4.78 is 0. The highest BCUT2D eigenvalue weighted by molar-refractivity contribution is 5.82. The molecule has 0 radical (unpaired) electrons. The van der Waals surface area contributed by atoms with E-state index in [1.807, 2.05) is 6.92 Å². The van der Waals surface area contributed by atoms with Crippen molar-refractivity contribution in [3.8, 4) is 0 Å². The van der Waals surface area contributed by atoms with Crippen LogP contribution in [0.4, 0.5) is 0 Å². The molecule has 0 N–H and O–H groups in total. The fourth-order valence-corrected chi connectivity index (χ4v) is 1.48. The van der Waals surface area contributed by atoms with Crippen LogP contribution in [0.5, 0.6) is 0 Å². The Kier molecular flexibility index (Phi) is 2.50. The molecule has 0 spiro atoms. The number of hydrogen-bond donors (Lipinski definition) is 0. The van der Waals surface area contributed by atoms with E-state index in [9.17, 15) is 9.59 Å². The second kappa shape index (κ2) is 3.25. The summed E-state index contributed by atoms with van der Waals surface area (Å²) in [6.45, 7) is 5.06. The highest BCUT2D eigenvalue weighted by atomic mass is 16.1. The Hall–Kier alpha value is -0.860. The highest BCUT2D eigenvalue weighted by Gasteiger charge is 2.33. The van der Waals surface area contributed by atoms with Crippen LogP contribution in [0.25, 0.3) is 0 Å². The lowest BCUT2D eigenvalue weighted by Crippen LogP contribution is -2.41. The van der Waals surface area contributed by atoms with Crippen LogP contribution in [0, 0.1) is 5.41 Å². The fourth-order valence-electron chi connectivity index (χ4n) is 1.48. The Morgan fingerprint density at radius 2 is 1.92 bits per heavy atom. The lowest BCUT2D eigenvalue weighted by molar-refractivity contribution is -0.131. The first-order valence-corrected chi connectivity index (χ1v) is 4.29. The molecule has 3 nitrogen and oxygen atoms in total. The number of Topliss-reactive ketones (excluding diaryl/α,β-unsaturated/α-hetero) is 1. The van der Waals surface area contributed by atoms with Crippen LogP contribution >= 0.6 is 0 Å². The molecule has 0 aliphatic carbocycles. The average Bonchev–Trinajstić information content (AvgIpc) is 2.06. The van der Waals surface area contributed by atoms with E-state index in [0.29, 0.717) is 0 Å². The van der Waals surface area contributed by atoms with Crippen molar-refractivity contribution < 1.29 is 9.59 Å². The molecule has 0 aromatic rings. The van der Waals surface area contributed by atoms with Gasteiger partial charge in [0, 0.05) is 18.5 Å². The average molecular weight is 169 g/mol. The minimum atomic E-state index is -0.181. The number of carbonyl (C=O) groups is 2. The molecule has 1 fully saturated rings. The zero-order valence-corrected chi connectivity index (χ0v) is 7.67. The summed E-state index contributed by atoms with van der Waals surface area (Å²) in [6, 6.07) is 0. The molecule has 3 heteroatoms. The number of carbonyl (C=O) groups excluding carboxylic acids is 2. The van der Waals surface area contributed by atoms with E-state index in [2.05, 4.69) is 0 Å². The summed E-state index contributed by atoms with van der Waals surface area (Å²) in [5, 5.41) is 0. The van der Waals surface area contributed by atoms with Gasteiger partial charge in [0.2, 0.25) is 6.41 Å². The van der Waals surface area contributed by atoms with Gasteiger partial charge in [-0.1, -0.05) is 6.92 Å². The second-order valence-corrected chi connectivity index (χ2v) is 3.76. The molecule has 0 atom stereocenters. The van der Waals surface area contributed by atoms with Crippen LogP contribution in [-0.4, -0.2) is 30.2 Å². The van der Waals surface area contributed by atoms with Crippen LogP contribution < -0.4 is 0 Å². The highest BCUT2D eigenvalue weighted by Crippen LogP contribution is 2.30. The normalized spacial score (nSPS) is 22.0. The summed E-state index contributed by atoms with van der Waals surface area (Å²) in [4.78, 5) is 23.3. The van der Waals surface area contributed by atoms with Crippen LogP contribution in [0.1, 0.15) is 26.7 Å². The summed E-state index contributed by atoms with van der Waals surface area (Å²) in [5.41, 5.74) is -0.181. The van der Waals surface area contributed by atoms with E-state index >= 15 is 0 Å². The van der Waals surface area contributed by atoms with Crippen molar-refractivity contribution in [2.24, 2.45) is 5.41 Å². The van der Waals surface area contributed by atoms with Crippen molar-refractivity contribution in [2.45, 2.75) is 26.7 Å². The molecule has 1 rings (SSSR count). The maximum Gasteiger partial charge on any atom is 0.209 e. The lowest BCUT2D eigenvalue weighted by atomic mass is 9.77. The van der Waals surface area contributed by atoms with Crippen molar-refractivity contribution in [2.75, 3.05) is 13.1 Å². The Morgan fingerprint density at radius 1 is 1.42 bits per heavy atom. The van der Waals surface area contributed by atoms with E-state index in [4.69, 9.17) is 0 Å². The summed E-state index contributed by atoms with van der Waals surface area (Å²) in [5.74, 6) is 0.244. The Balaban J connectivity index is 2.55. The number of nitrogens with zero attached hydrogens (tertiary/aromatic N) is 1. The van der Waals surface area contributed by atoms with Gasteiger partial charge in [0.15, 0.2) is 0 Å².